The molecule has 160 valence electrons. The molecular weight excluding hydrogens is 380 g/mol. The Morgan fingerprint density at radius 1 is 1.07 bits per heavy atom. The van der Waals surface area contributed by atoms with E-state index in [9.17, 15) is 8.78 Å². The normalized spacial score (nSPS) is 12.0. The molecule has 0 aliphatic rings. The van der Waals surface area contributed by atoms with E-state index < -0.39 is 5.92 Å². The van der Waals surface area contributed by atoms with Crippen LogP contribution < -0.4 is 5.32 Å². The van der Waals surface area contributed by atoms with Crippen LogP contribution in [0.15, 0.2) is 54.7 Å². The molecule has 2 N–H and O–H groups in total. The van der Waals surface area contributed by atoms with Gasteiger partial charge in [-0.3, -0.25) is 0 Å². The molecule has 0 unspecified atom stereocenters. The second-order valence-corrected chi connectivity index (χ2v) is 8.12. The molecule has 30 heavy (non-hydrogen) atoms. The van der Waals surface area contributed by atoms with Crippen molar-refractivity contribution in [3.8, 4) is 11.1 Å². The van der Waals surface area contributed by atoms with Crippen molar-refractivity contribution in [1.29, 1.82) is 0 Å². The summed E-state index contributed by atoms with van der Waals surface area (Å²) < 4.78 is 28.6. The van der Waals surface area contributed by atoms with Crippen molar-refractivity contribution in [1.82, 2.24) is 15.2 Å². The van der Waals surface area contributed by atoms with Crippen molar-refractivity contribution >= 4 is 0 Å². The molecule has 0 bridgehead atoms. The number of nitrogens with zero attached hydrogens (tertiary/aromatic N) is 1. The molecule has 0 saturated heterocycles. The van der Waals surface area contributed by atoms with Gasteiger partial charge in [-0.05, 0) is 61.8 Å². The number of alkyl halides is 2. The lowest BCUT2D eigenvalue weighted by Crippen LogP contribution is -2.27. The van der Waals surface area contributed by atoms with Gasteiger partial charge in [-0.15, -0.1) is 0 Å². The van der Waals surface area contributed by atoms with E-state index in [-0.39, 0.29) is 5.56 Å². The van der Waals surface area contributed by atoms with Gasteiger partial charge in [-0.2, -0.15) is 0 Å². The molecule has 5 heteroatoms. The van der Waals surface area contributed by atoms with Crippen molar-refractivity contribution in [2.45, 2.75) is 32.7 Å². The zero-order valence-electron chi connectivity index (χ0n) is 18.2. The number of aromatic nitrogens is 1. The lowest BCUT2D eigenvalue weighted by molar-refractivity contribution is 0.0174. The predicted molar refractivity (Wildman–Crippen MR) is 120 cm³/mol. The fourth-order valence-electron chi connectivity index (χ4n) is 3.80. The molecule has 2 aromatic carbocycles. The summed E-state index contributed by atoms with van der Waals surface area (Å²) in [5.74, 6) is -2.89. The monoisotopic (exact) mass is 411 g/mol. The minimum absolute atomic E-state index is 0.0565. The maximum atomic E-state index is 14.3. The minimum atomic E-state index is -2.89. The molecule has 3 aromatic rings. The van der Waals surface area contributed by atoms with Gasteiger partial charge in [-0.1, -0.05) is 36.4 Å². The first kappa shape index (κ1) is 22.2. The average molecular weight is 412 g/mol. The second kappa shape index (κ2) is 9.54. The maximum Gasteiger partial charge on any atom is 0.270 e. The van der Waals surface area contributed by atoms with Crippen molar-refractivity contribution in [3.63, 3.8) is 0 Å². The van der Waals surface area contributed by atoms with Gasteiger partial charge in [0.25, 0.3) is 5.92 Å². The number of halogens is 2. The quantitative estimate of drug-likeness (QED) is 0.498. The number of hydrogen-bond donors (Lipinski definition) is 2. The number of aryl methyl sites for hydroxylation is 1. The first-order chi connectivity index (χ1) is 14.3. The Kier molecular flexibility index (Phi) is 7.06. The fourth-order valence-corrected chi connectivity index (χ4v) is 3.80. The highest BCUT2D eigenvalue weighted by Gasteiger charge is 2.26. The molecule has 0 aliphatic carbocycles. The molecule has 0 radical (unpaired) electrons. The standard InChI is InChI=1S/C25H31F2N3/c1-18-24(22(16-29-18)17-30(4)11-10-28-3)21-13-20(12-19-8-6-5-7-9-19)14-23(15-21)25(2,26)27/h5-9,13-16,28-29H,10-12,17H2,1-4H3. The summed E-state index contributed by atoms with van der Waals surface area (Å²) in [6, 6.07) is 15.3. The highest BCUT2D eigenvalue weighted by molar-refractivity contribution is 5.71. The van der Waals surface area contributed by atoms with E-state index in [1.807, 2.05) is 50.5 Å². The number of nitrogens with one attached hydrogen (secondary N) is 2. The Morgan fingerprint density at radius 2 is 1.80 bits per heavy atom. The van der Waals surface area contributed by atoms with Gasteiger partial charge < -0.3 is 15.2 Å². The highest BCUT2D eigenvalue weighted by Crippen LogP contribution is 2.35. The number of likely N-dealkylation sites (N-methyl/N-ethyl adjacent to an activating group) is 2. The van der Waals surface area contributed by atoms with Crippen LogP contribution in [-0.4, -0.2) is 37.1 Å². The number of H-pyrrole nitrogens is 1. The number of aromatic amines is 1. The van der Waals surface area contributed by atoms with E-state index in [1.54, 1.807) is 12.1 Å². The fraction of sp³-hybridized carbons (Fsp3) is 0.360. The van der Waals surface area contributed by atoms with E-state index in [4.69, 9.17) is 0 Å². The summed E-state index contributed by atoms with van der Waals surface area (Å²) in [7, 11) is 4.01. The average Bonchev–Trinajstić information content (AvgIpc) is 3.06. The predicted octanol–water partition coefficient (Wildman–Crippen LogP) is 5.34. The third-order valence-corrected chi connectivity index (χ3v) is 5.38. The number of benzene rings is 2. The number of rotatable bonds is 9. The van der Waals surface area contributed by atoms with Gasteiger partial charge in [0, 0.05) is 49.6 Å². The first-order valence-electron chi connectivity index (χ1n) is 10.3. The lowest BCUT2D eigenvalue weighted by Gasteiger charge is -2.19. The van der Waals surface area contributed by atoms with Crippen molar-refractivity contribution in [2.75, 3.05) is 27.2 Å². The molecule has 3 nitrogen and oxygen atoms in total. The van der Waals surface area contributed by atoms with E-state index in [2.05, 4.69) is 28.3 Å². The van der Waals surface area contributed by atoms with Gasteiger partial charge in [0.1, 0.15) is 0 Å². The van der Waals surface area contributed by atoms with E-state index >= 15 is 0 Å². The van der Waals surface area contributed by atoms with Gasteiger partial charge in [0.05, 0.1) is 0 Å². The van der Waals surface area contributed by atoms with Crippen molar-refractivity contribution in [2.24, 2.45) is 0 Å². The third-order valence-electron chi connectivity index (χ3n) is 5.38. The van der Waals surface area contributed by atoms with Crippen molar-refractivity contribution in [3.05, 3.63) is 82.7 Å². The van der Waals surface area contributed by atoms with Crippen LogP contribution in [0.2, 0.25) is 0 Å². The third kappa shape index (κ3) is 5.55. The summed E-state index contributed by atoms with van der Waals surface area (Å²) in [6.45, 7) is 5.53. The molecule has 3 rings (SSSR count). The van der Waals surface area contributed by atoms with Crippen molar-refractivity contribution < 1.29 is 8.78 Å². The molecule has 0 saturated carbocycles. The minimum Gasteiger partial charge on any atom is -0.364 e. The molecule has 1 heterocycles. The molecule has 1 aromatic heterocycles. The van der Waals surface area contributed by atoms with Crippen LogP contribution >= 0.6 is 0 Å². The SMILES string of the molecule is CNCCN(C)Cc1c[nH]c(C)c1-c1cc(Cc2ccccc2)cc(C(C)(F)F)c1. The van der Waals surface area contributed by atoms with Crippen LogP contribution in [0.5, 0.6) is 0 Å². The molecular formula is C25H31F2N3. The molecule has 0 fully saturated rings. The Balaban J connectivity index is 2.01. The van der Waals surface area contributed by atoms with Crippen LogP contribution in [0.25, 0.3) is 11.1 Å². The molecule has 0 atom stereocenters. The summed E-state index contributed by atoms with van der Waals surface area (Å²) in [6.07, 6.45) is 2.62. The highest BCUT2D eigenvalue weighted by atomic mass is 19.3. The topological polar surface area (TPSA) is 31.1 Å². The maximum absolute atomic E-state index is 14.3. The van der Waals surface area contributed by atoms with Gasteiger partial charge in [-0.25, -0.2) is 8.78 Å². The Morgan fingerprint density at radius 3 is 2.47 bits per heavy atom. The largest absolute Gasteiger partial charge is 0.364 e. The zero-order chi connectivity index (χ0) is 21.7. The molecule has 0 amide bonds. The summed E-state index contributed by atoms with van der Waals surface area (Å²) in [4.78, 5) is 5.52. The Labute approximate surface area is 178 Å². The van der Waals surface area contributed by atoms with Crippen LogP contribution in [0, 0.1) is 6.92 Å². The van der Waals surface area contributed by atoms with Crippen LogP contribution in [0.1, 0.15) is 34.9 Å². The van der Waals surface area contributed by atoms with Gasteiger partial charge in [0.15, 0.2) is 0 Å². The lowest BCUT2D eigenvalue weighted by atomic mass is 9.93. The van der Waals surface area contributed by atoms with E-state index in [0.29, 0.717) is 6.42 Å². The Hall–Kier alpha value is -2.50. The Bertz CT molecular complexity index is 958. The smallest absolute Gasteiger partial charge is 0.270 e. The summed E-state index contributed by atoms with van der Waals surface area (Å²) in [5, 5.41) is 3.16. The van der Waals surface area contributed by atoms with E-state index in [1.165, 1.54) is 0 Å². The van der Waals surface area contributed by atoms with Crippen LogP contribution in [-0.2, 0) is 18.9 Å². The molecule has 0 spiro atoms. The first-order valence-corrected chi connectivity index (χ1v) is 10.3. The van der Waals surface area contributed by atoms with Gasteiger partial charge >= 0.3 is 0 Å². The van der Waals surface area contributed by atoms with Crippen LogP contribution in [0.4, 0.5) is 8.78 Å². The van der Waals surface area contributed by atoms with E-state index in [0.717, 1.165) is 60.1 Å². The summed E-state index contributed by atoms with van der Waals surface area (Å²) >= 11 is 0. The summed E-state index contributed by atoms with van der Waals surface area (Å²) in [5.41, 5.74) is 6.04. The number of hydrogen-bond acceptors (Lipinski definition) is 2. The second-order valence-electron chi connectivity index (χ2n) is 8.12. The zero-order valence-corrected chi connectivity index (χ0v) is 18.2. The van der Waals surface area contributed by atoms with Crippen LogP contribution in [0.3, 0.4) is 0 Å². The molecule has 0 aliphatic heterocycles. The van der Waals surface area contributed by atoms with Gasteiger partial charge in [0.2, 0.25) is 0 Å².